The van der Waals surface area contributed by atoms with E-state index in [1.807, 2.05) is 19.9 Å². The number of aromatic amines is 1. The molecule has 1 unspecified atom stereocenters. The van der Waals surface area contributed by atoms with Gasteiger partial charge in [0.15, 0.2) is 0 Å². The molecule has 2 saturated heterocycles. The molecule has 11 heteroatoms. The third-order valence-electron chi connectivity index (χ3n) is 6.88. The lowest BCUT2D eigenvalue weighted by atomic mass is 10.0. The Morgan fingerprint density at radius 1 is 1.11 bits per heavy atom. The van der Waals surface area contributed by atoms with E-state index in [1.54, 1.807) is 40.5 Å². The van der Waals surface area contributed by atoms with E-state index in [-0.39, 0.29) is 35.8 Å². The molecule has 2 fully saturated rings. The number of likely N-dealkylation sites (tertiary alicyclic amines) is 1. The van der Waals surface area contributed by atoms with Crippen LogP contribution in [0.2, 0.25) is 0 Å². The fraction of sp³-hybridized carbons (Fsp3) is 0.423. The largest absolute Gasteiger partial charge is 0.378 e. The highest BCUT2D eigenvalue weighted by Crippen LogP contribution is 2.35. The van der Waals surface area contributed by atoms with Crippen molar-refractivity contribution in [1.29, 1.82) is 0 Å². The summed E-state index contributed by atoms with van der Waals surface area (Å²) in [6.45, 7) is 5.84. The van der Waals surface area contributed by atoms with Crippen molar-refractivity contribution in [2.75, 3.05) is 31.5 Å². The number of aromatic nitrogens is 2. The zero-order valence-corrected chi connectivity index (χ0v) is 22.3. The highest BCUT2D eigenvalue weighted by molar-refractivity contribution is 9.10. The number of carbonyl (C=O) groups excluding carboxylic acids is 2. The van der Waals surface area contributed by atoms with Crippen molar-refractivity contribution < 1.29 is 14.3 Å². The topological polar surface area (TPSA) is 120 Å². The highest BCUT2D eigenvalue weighted by atomic mass is 79.9. The summed E-state index contributed by atoms with van der Waals surface area (Å²) < 4.78 is 6.38. The zero-order chi connectivity index (χ0) is 26.1. The number of hydrogen-bond donors (Lipinski definition) is 2. The third kappa shape index (κ3) is 5.24. The summed E-state index contributed by atoms with van der Waals surface area (Å²) in [5, 5.41) is 7.44. The van der Waals surface area contributed by atoms with Gasteiger partial charge in [-0.05, 0) is 50.1 Å². The Bertz CT molecular complexity index is 1330. The van der Waals surface area contributed by atoms with E-state index < -0.39 is 0 Å². The lowest BCUT2D eigenvalue weighted by molar-refractivity contribution is -0.0585. The molecule has 0 spiro atoms. The van der Waals surface area contributed by atoms with Gasteiger partial charge in [0.2, 0.25) is 0 Å². The number of carbonyl (C=O) groups is 2. The number of nitroso groups, excluding NO2 is 1. The number of hydrogen-bond acceptors (Lipinski definition) is 7. The van der Waals surface area contributed by atoms with Gasteiger partial charge in [0.05, 0.1) is 40.7 Å². The minimum absolute atomic E-state index is 0.0863. The number of fused-ring (bicyclic) bond motifs is 1. The average molecular weight is 569 g/mol. The summed E-state index contributed by atoms with van der Waals surface area (Å²) in [5.74, 6) is -0.286. The fourth-order valence-electron chi connectivity index (χ4n) is 5.30. The summed E-state index contributed by atoms with van der Waals surface area (Å²) in [7, 11) is 0. The second-order valence-corrected chi connectivity index (χ2v) is 10.7. The van der Waals surface area contributed by atoms with Crippen LogP contribution in [0.15, 0.2) is 46.4 Å². The molecule has 2 N–H and O–H groups in total. The smallest absolute Gasteiger partial charge is 0.256 e. The fourth-order valence-corrected chi connectivity index (χ4v) is 5.75. The van der Waals surface area contributed by atoms with Gasteiger partial charge in [-0.3, -0.25) is 14.6 Å². The predicted octanol–water partition coefficient (Wildman–Crippen LogP) is 4.69. The van der Waals surface area contributed by atoms with Crippen LogP contribution in [0.25, 0.3) is 10.9 Å². The molecule has 0 saturated carbocycles. The van der Waals surface area contributed by atoms with Gasteiger partial charge in [0.1, 0.15) is 5.69 Å². The third-order valence-corrected chi connectivity index (χ3v) is 7.34. The Morgan fingerprint density at radius 2 is 1.86 bits per heavy atom. The number of rotatable bonds is 5. The first-order chi connectivity index (χ1) is 17.8. The predicted molar refractivity (Wildman–Crippen MR) is 144 cm³/mol. The maximum atomic E-state index is 13.6. The Kier molecular flexibility index (Phi) is 7.25. The molecular formula is C26H29BrN6O4. The van der Waals surface area contributed by atoms with Crippen molar-refractivity contribution in [1.82, 2.24) is 19.8 Å². The number of anilines is 1. The molecule has 3 aromatic rings. The van der Waals surface area contributed by atoms with Crippen molar-refractivity contribution in [3.8, 4) is 0 Å². The van der Waals surface area contributed by atoms with Gasteiger partial charge in [-0.15, -0.1) is 4.91 Å². The molecule has 37 heavy (non-hydrogen) atoms. The lowest BCUT2D eigenvalue weighted by Crippen LogP contribution is -2.48. The van der Waals surface area contributed by atoms with Crippen LogP contribution in [-0.4, -0.2) is 76.0 Å². The standard InChI is InChI=1S/C26H29BrN6O4/c1-15-12-33(13-16(2)37-15)25(34)20-8-17(27)9-22(31-36)24(20)30-18-4-3-7-32(14-18)26(35)21-10-28-11-23-19(21)5-6-29-23/h5-6,8-11,15-16,18,29-30H,3-4,7,12-14H2,1-2H3/t15-,16?,18+/m0/s1. The van der Waals surface area contributed by atoms with Crippen LogP contribution < -0.4 is 5.32 Å². The van der Waals surface area contributed by atoms with Crippen molar-refractivity contribution in [3.63, 3.8) is 0 Å². The summed E-state index contributed by atoms with van der Waals surface area (Å²) in [6, 6.07) is 5.03. The van der Waals surface area contributed by atoms with E-state index in [9.17, 15) is 14.5 Å². The number of H-pyrrole nitrogens is 1. The minimum atomic E-state index is -0.190. The number of piperidine rings is 1. The van der Waals surface area contributed by atoms with Gasteiger partial charge in [-0.1, -0.05) is 15.9 Å². The Hall–Kier alpha value is -3.31. The van der Waals surface area contributed by atoms with Crippen LogP contribution in [0.5, 0.6) is 0 Å². The van der Waals surface area contributed by atoms with Gasteiger partial charge in [0, 0.05) is 54.5 Å². The number of benzene rings is 1. The van der Waals surface area contributed by atoms with Gasteiger partial charge in [-0.25, -0.2) is 0 Å². The molecule has 1 aromatic carbocycles. The maximum absolute atomic E-state index is 13.6. The second kappa shape index (κ2) is 10.6. The first-order valence-corrected chi connectivity index (χ1v) is 13.2. The molecule has 2 aliphatic heterocycles. The van der Waals surface area contributed by atoms with Gasteiger partial charge >= 0.3 is 0 Å². The average Bonchev–Trinajstić information content (AvgIpc) is 3.37. The lowest BCUT2D eigenvalue weighted by Gasteiger charge is -2.36. The number of ether oxygens (including phenoxy) is 1. The number of nitrogens with one attached hydrogen (secondary N) is 2. The molecule has 0 bridgehead atoms. The number of amides is 2. The van der Waals surface area contributed by atoms with E-state index in [2.05, 4.69) is 36.4 Å². The molecule has 0 aliphatic carbocycles. The molecule has 10 nitrogen and oxygen atoms in total. The molecule has 3 atom stereocenters. The molecule has 2 aliphatic rings. The van der Waals surface area contributed by atoms with Gasteiger partial charge < -0.3 is 24.8 Å². The molecule has 194 valence electrons. The number of pyridine rings is 1. The van der Waals surface area contributed by atoms with Crippen molar-refractivity contribution in [2.24, 2.45) is 5.18 Å². The number of morpholine rings is 1. The van der Waals surface area contributed by atoms with Crippen LogP contribution in [0, 0.1) is 4.91 Å². The van der Waals surface area contributed by atoms with Gasteiger partial charge in [-0.2, -0.15) is 0 Å². The van der Waals surface area contributed by atoms with Gasteiger partial charge in [0.25, 0.3) is 11.8 Å². The van der Waals surface area contributed by atoms with E-state index in [0.717, 1.165) is 23.7 Å². The maximum Gasteiger partial charge on any atom is 0.256 e. The zero-order valence-electron chi connectivity index (χ0n) is 20.7. The van der Waals surface area contributed by atoms with Crippen LogP contribution in [0.1, 0.15) is 47.4 Å². The quantitative estimate of drug-likeness (QED) is 0.431. The monoisotopic (exact) mass is 568 g/mol. The van der Waals surface area contributed by atoms with E-state index in [0.29, 0.717) is 47.5 Å². The first-order valence-electron chi connectivity index (χ1n) is 12.4. The molecule has 2 amide bonds. The Balaban J connectivity index is 1.40. The van der Waals surface area contributed by atoms with Crippen molar-refractivity contribution >= 4 is 50.0 Å². The van der Waals surface area contributed by atoms with Crippen LogP contribution in [0.3, 0.4) is 0 Å². The van der Waals surface area contributed by atoms with Crippen LogP contribution >= 0.6 is 15.9 Å². The molecule has 5 rings (SSSR count). The Labute approximate surface area is 222 Å². The molecule has 0 radical (unpaired) electrons. The molecule has 4 heterocycles. The molecule has 2 aromatic heterocycles. The van der Waals surface area contributed by atoms with E-state index in [1.165, 1.54) is 0 Å². The van der Waals surface area contributed by atoms with E-state index in [4.69, 9.17) is 4.74 Å². The number of halogens is 1. The normalized spacial score (nSPS) is 22.2. The van der Waals surface area contributed by atoms with Crippen molar-refractivity contribution in [3.05, 3.63) is 57.3 Å². The first kappa shape index (κ1) is 25.3. The summed E-state index contributed by atoms with van der Waals surface area (Å²) in [5.41, 5.74) is 2.27. The van der Waals surface area contributed by atoms with Crippen LogP contribution in [0.4, 0.5) is 11.4 Å². The summed E-state index contributed by atoms with van der Waals surface area (Å²) in [6.07, 6.45) is 6.47. The second-order valence-electron chi connectivity index (χ2n) is 9.77. The summed E-state index contributed by atoms with van der Waals surface area (Å²) in [4.78, 5) is 49.7. The van der Waals surface area contributed by atoms with Crippen molar-refractivity contribution in [2.45, 2.75) is 44.9 Å². The highest BCUT2D eigenvalue weighted by Gasteiger charge is 2.31. The minimum Gasteiger partial charge on any atom is -0.378 e. The summed E-state index contributed by atoms with van der Waals surface area (Å²) >= 11 is 3.42. The SMILES string of the molecule is CC1CN(C(=O)c2cc(Br)cc(N=O)c2N[C@@H]2CCCN(C(=O)c3cncc4[nH]ccc34)C2)C[C@H](C)O1. The number of nitrogens with zero attached hydrogens (tertiary/aromatic N) is 4. The Morgan fingerprint density at radius 3 is 2.62 bits per heavy atom. The van der Waals surface area contributed by atoms with Crippen LogP contribution in [-0.2, 0) is 4.74 Å². The molecular weight excluding hydrogens is 540 g/mol. The van der Waals surface area contributed by atoms with E-state index >= 15 is 0 Å².